The molecular weight excluding hydrogens is 459 g/mol. The van der Waals surface area contributed by atoms with Crippen molar-refractivity contribution in [2.75, 3.05) is 40.3 Å². The molecule has 2 aliphatic rings. The summed E-state index contributed by atoms with van der Waals surface area (Å²) in [4.78, 5) is 44.6. The molecule has 2 aromatic carbocycles. The van der Waals surface area contributed by atoms with Crippen LogP contribution in [0.3, 0.4) is 0 Å². The number of likely N-dealkylation sites (N-methyl/N-ethyl adjacent to an activating group) is 1. The molecule has 0 aliphatic carbocycles. The summed E-state index contributed by atoms with van der Waals surface area (Å²) in [5.74, 6) is -0.745. The summed E-state index contributed by atoms with van der Waals surface area (Å²) in [6.07, 6.45) is 2.40. The van der Waals surface area contributed by atoms with Crippen LogP contribution in [-0.2, 0) is 22.4 Å². The van der Waals surface area contributed by atoms with Crippen molar-refractivity contribution >= 4 is 17.8 Å². The lowest BCUT2D eigenvalue weighted by molar-refractivity contribution is -0.136. The van der Waals surface area contributed by atoms with Gasteiger partial charge in [-0.2, -0.15) is 0 Å². The second kappa shape index (κ2) is 11.2. The van der Waals surface area contributed by atoms with Crippen LogP contribution in [0.4, 0.5) is 9.18 Å². The van der Waals surface area contributed by atoms with E-state index in [4.69, 9.17) is 0 Å². The third-order valence-corrected chi connectivity index (χ3v) is 7.47. The van der Waals surface area contributed by atoms with E-state index >= 15 is 0 Å². The maximum absolute atomic E-state index is 14.0. The lowest BCUT2D eigenvalue weighted by atomic mass is 9.74. The molecular formula is C28H35FN4O3. The molecule has 2 aliphatic heterocycles. The van der Waals surface area contributed by atoms with Crippen molar-refractivity contribution in [3.63, 3.8) is 0 Å². The van der Waals surface area contributed by atoms with Crippen molar-refractivity contribution in [2.45, 2.75) is 37.6 Å². The molecule has 192 valence electrons. The summed E-state index contributed by atoms with van der Waals surface area (Å²) in [6.45, 7) is 1.89. The van der Waals surface area contributed by atoms with E-state index in [-0.39, 0.29) is 36.0 Å². The topological polar surface area (TPSA) is 73.0 Å². The highest BCUT2D eigenvalue weighted by molar-refractivity contribution is 6.07. The first-order chi connectivity index (χ1) is 17.3. The van der Waals surface area contributed by atoms with Crippen LogP contribution in [0.2, 0.25) is 0 Å². The Labute approximate surface area is 212 Å². The van der Waals surface area contributed by atoms with Gasteiger partial charge >= 0.3 is 6.03 Å². The summed E-state index contributed by atoms with van der Waals surface area (Å²) < 4.78 is 14.0. The molecule has 0 radical (unpaired) electrons. The smallest absolute Gasteiger partial charge is 0.325 e. The van der Waals surface area contributed by atoms with E-state index in [0.717, 1.165) is 5.56 Å². The van der Waals surface area contributed by atoms with E-state index in [9.17, 15) is 18.8 Å². The summed E-state index contributed by atoms with van der Waals surface area (Å²) in [5, 5.41) is 3.09. The number of aryl methyl sites for hydroxylation is 1. The minimum absolute atomic E-state index is 0.0183. The molecule has 1 atom stereocenters. The van der Waals surface area contributed by atoms with Crippen molar-refractivity contribution in [3.8, 4) is 0 Å². The van der Waals surface area contributed by atoms with Crippen LogP contribution >= 0.6 is 0 Å². The molecule has 0 aromatic heterocycles. The highest BCUT2D eigenvalue weighted by Crippen LogP contribution is 2.37. The molecule has 2 aromatic rings. The minimum atomic E-state index is -0.986. The first-order valence-electron chi connectivity index (χ1n) is 12.6. The number of amides is 4. The second-order valence-corrected chi connectivity index (χ2v) is 10.1. The van der Waals surface area contributed by atoms with E-state index in [1.807, 2.05) is 49.3 Å². The van der Waals surface area contributed by atoms with Gasteiger partial charge in [-0.15, -0.1) is 0 Å². The van der Waals surface area contributed by atoms with Crippen molar-refractivity contribution in [3.05, 3.63) is 71.5 Å². The number of carbonyl (C=O) groups excluding carboxylic acids is 3. The standard InChI is InChI=1S/C28H35FN4O3/c1-31(2)18-19-33-26(35)28(30-27(33)36,15-12-21-8-4-3-5-9-21)23-13-16-32(17-14-23)25(34)20-22-10-6-7-11-24(22)29/h3-11,23H,12-20H2,1-2H3,(H,30,36)/t28-/m1/s1. The van der Waals surface area contributed by atoms with Crippen LogP contribution in [-0.4, -0.2) is 78.4 Å². The van der Waals surface area contributed by atoms with Crippen LogP contribution in [0, 0.1) is 11.7 Å². The van der Waals surface area contributed by atoms with E-state index < -0.39 is 5.54 Å². The number of rotatable bonds is 9. The van der Waals surface area contributed by atoms with Crippen molar-refractivity contribution in [1.29, 1.82) is 0 Å². The Hall–Kier alpha value is -3.26. The highest BCUT2D eigenvalue weighted by Gasteiger charge is 2.55. The van der Waals surface area contributed by atoms with E-state index in [1.54, 1.807) is 23.1 Å². The molecule has 0 spiro atoms. The van der Waals surface area contributed by atoms with Gasteiger partial charge in [0.05, 0.1) is 6.42 Å². The molecule has 1 N–H and O–H groups in total. The van der Waals surface area contributed by atoms with Crippen LogP contribution in [0.5, 0.6) is 0 Å². The third-order valence-electron chi connectivity index (χ3n) is 7.47. The van der Waals surface area contributed by atoms with Gasteiger partial charge in [0.2, 0.25) is 5.91 Å². The zero-order valence-corrected chi connectivity index (χ0v) is 21.1. The lowest BCUT2D eigenvalue weighted by Gasteiger charge is -2.41. The molecule has 2 fully saturated rings. The number of hydrogen-bond donors (Lipinski definition) is 1. The molecule has 4 amide bonds. The van der Waals surface area contributed by atoms with E-state index in [0.29, 0.717) is 57.4 Å². The minimum Gasteiger partial charge on any atom is -0.342 e. The van der Waals surface area contributed by atoms with Gasteiger partial charge in [-0.25, -0.2) is 9.18 Å². The van der Waals surface area contributed by atoms with Crippen molar-refractivity contribution in [1.82, 2.24) is 20.0 Å². The Balaban J connectivity index is 1.47. The average molecular weight is 495 g/mol. The lowest BCUT2D eigenvalue weighted by Crippen LogP contribution is -2.57. The summed E-state index contributed by atoms with van der Waals surface area (Å²) in [6, 6.07) is 16.0. The normalized spacial score (nSPS) is 20.8. The van der Waals surface area contributed by atoms with Gasteiger partial charge < -0.3 is 15.1 Å². The zero-order chi connectivity index (χ0) is 25.7. The van der Waals surface area contributed by atoms with Crippen LogP contribution in [0.25, 0.3) is 0 Å². The first-order valence-corrected chi connectivity index (χ1v) is 12.6. The zero-order valence-electron chi connectivity index (χ0n) is 21.1. The van der Waals surface area contributed by atoms with Gasteiger partial charge in [-0.3, -0.25) is 14.5 Å². The Morgan fingerprint density at radius 1 is 1.06 bits per heavy atom. The predicted molar refractivity (Wildman–Crippen MR) is 136 cm³/mol. The van der Waals surface area contributed by atoms with E-state index in [1.165, 1.54) is 11.0 Å². The maximum Gasteiger partial charge on any atom is 0.325 e. The molecule has 7 nitrogen and oxygen atoms in total. The highest BCUT2D eigenvalue weighted by atomic mass is 19.1. The van der Waals surface area contributed by atoms with Crippen molar-refractivity contribution in [2.24, 2.45) is 5.92 Å². The fourth-order valence-electron chi connectivity index (χ4n) is 5.32. The number of halogens is 1. The fraction of sp³-hybridized carbons (Fsp3) is 0.464. The molecule has 0 unspecified atom stereocenters. The molecule has 4 rings (SSSR count). The monoisotopic (exact) mass is 494 g/mol. The number of hydrogen-bond acceptors (Lipinski definition) is 4. The number of piperidine rings is 1. The number of nitrogens with zero attached hydrogens (tertiary/aromatic N) is 3. The number of carbonyl (C=O) groups is 3. The predicted octanol–water partition coefficient (Wildman–Crippen LogP) is 3.09. The Morgan fingerprint density at radius 2 is 1.72 bits per heavy atom. The molecule has 2 heterocycles. The molecule has 8 heteroatoms. The summed E-state index contributed by atoms with van der Waals surface area (Å²) in [7, 11) is 3.82. The Kier molecular flexibility index (Phi) is 8.04. The van der Waals surface area contributed by atoms with Crippen LogP contribution < -0.4 is 5.32 Å². The summed E-state index contributed by atoms with van der Waals surface area (Å²) >= 11 is 0. The van der Waals surface area contributed by atoms with Gasteiger partial charge in [0.1, 0.15) is 11.4 Å². The van der Waals surface area contributed by atoms with Gasteiger partial charge in [0.25, 0.3) is 5.91 Å². The summed E-state index contributed by atoms with van der Waals surface area (Å²) in [5.41, 5.74) is 0.516. The van der Waals surface area contributed by atoms with Gasteiger partial charge in [0.15, 0.2) is 0 Å². The van der Waals surface area contributed by atoms with Crippen molar-refractivity contribution < 1.29 is 18.8 Å². The average Bonchev–Trinajstić information content (AvgIpc) is 3.13. The molecule has 0 saturated carbocycles. The van der Waals surface area contributed by atoms with E-state index in [2.05, 4.69) is 5.32 Å². The fourth-order valence-corrected chi connectivity index (χ4v) is 5.32. The number of likely N-dealkylation sites (tertiary alicyclic amines) is 1. The number of urea groups is 1. The van der Waals surface area contributed by atoms with Gasteiger partial charge in [-0.05, 0) is 62.9 Å². The van der Waals surface area contributed by atoms with Crippen LogP contribution in [0.15, 0.2) is 54.6 Å². The molecule has 2 saturated heterocycles. The number of nitrogens with one attached hydrogen (secondary N) is 1. The first kappa shape index (κ1) is 25.8. The van der Waals surface area contributed by atoms with Crippen LogP contribution in [0.1, 0.15) is 30.4 Å². The van der Waals surface area contributed by atoms with Gasteiger partial charge in [-0.1, -0.05) is 48.5 Å². The third kappa shape index (κ3) is 5.59. The quantitative estimate of drug-likeness (QED) is 0.544. The Bertz CT molecular complexity index is 1090. The molecule has 36 heavy (non-hydrogen) atoms. The Morgan fingerprint density at radius 3 is 2.39 bits per heavy atom. The SMILES string of the molecule is CN(C)CCN1C(=O)N[C@](CCc2ccccc2)(C2CCN(C(=O)Cc3ccccc3F)CC2)C1=O. The second-order valence-electron chi connectivity index (χ2n) is 10.1. The number of imide groups is 1. The van der Waals surface area contributed by atoms with Gasteiger partial charge in [0, 0.05) is 26.2 Å². The maximum atomic E-state index is 14.0. The largest absolute Gasteiger partial charge is 0.342 e. The number of benzene rings is 2. The molecule has 0 bridgehead atoms.